The maximum Gasteiger partial charge on any atom is 0.171 e. The van der Waals surface area contributed by atoms with Crippen molar-refractivity contribution in [1.82, 2.24) is 0 Å². The summed E-state index contributed by atoms with van der Waals surface area (Å²) >= 11 is 4.55. The summed E-state index contributed by atoms with van der Waals surface area (Å²) in [4.78, 5) is 0.211. The molecule has 0 spiro atoms. The van der Waals surface area contributed by atoms with E-state index in [1.54, 1.807) is 0 Å². The van der Waals surface area contributed by atoms with Crippen molar-refractivity contribution in [3.8, 4) is 5.75 Å². The fourth-order valence-electron chi connectivity index (χ4n) is 1.33. The SMILES string of the molecule is CC(C)(C)c1cc(O)ccc1S(=O)(O)=S. The molecule has 0 fully saturated rings. The molecule has 3 nitrogen and oxygen atoms in total. The van der Waals surface area contributed by atoms with Gasteiger partial charge in [0.05, 0.1) is 4.90 Å². The van der Waals surface area contributed by atoms with Crippen LogP contribution in [0.25, 0.3) is 0 Å². The normalized spacial score (nSPS) is 16.0. The van der Waals surface area contributed by atoms with Crippen LogP contribution >= 0.6 is 0 Å². The van der Waals surface area contributed by atoms with Gasteiger partial charge in [0.1, 0.15) is 5.75 Å². The molecule has 0 heterocycles. The molecule has 0 saturated heterocycles. The van der Waals surface area contributed by atoms with Gasteiger partial charge in [-0.1, -0.05) is 20.8 Å². The molecule has 0 aliphatic heterocycles. The van der Waals surface area contributed by atoms with E-state index in [9.17, 15) is 13.9 Å². The predicted molar refractivity (Wildman–Crippen MR) is 63.2 cm³/mol. The number of benzene rings is 1. The molecule has 15 heavy (non-hydrogen) atoms. The minimum Gasteiger partial charge on any atom is -0.508 e. The minimum absolute atomic E-state index is 0.0716. The van der Waals surface area contributed by atoms with E-state index in [1.165, 1.54) is 18.2 Å². The van der Waals surface area contributed by atoms with Gasteiger partial charge in [0.25, 0.3) is 0 Å². The Labute approximate surface area is 94.6 Å². The minimum atomic E-state index is -3.41. The maximum atomic E-state index is 11.5. The van der Waals surface area contributed by atoms with E-state index < -0.39 is 8.77 Å². The van der Waals surface area contributed by atoms with E-state index in [-0.39, 0.29) is 16.1 Å². The number of phenols is 1. The van der Waals surface area contributed by atoms with E-state index >= 15 is 0 Å². The zero-order chi connectivity index (χ0) is 11.9. The lowest BCUT2D eigenvalue weighted by molar-refractivity contribution is 0.468. The first kappa shape index (κ1) is 12.4. The monoisotopic (exact) mass is 246 g/mol. The fraction of sp³-hybridized carbons (Fsp3) is 0.400. The molecule has 0 aliphatic rings. The molecule has 1 aromatic carbocycles. The number of phenolic OH excluding ortho intramolecular Hbond substituents is 1. The summed E-state index contributed by atoms with van der Waals surface area (Å²) in [5.41, 5.74) is 0.267. The van der Waals surface area contributed by atoms with Gasteiger partial charge >= 0.3 is 0 Å². The van der Waals surface area contributed by atoms with Gasteiger partial charge in [-0.05, 0) is 29.2 Å². The van der Waals surface area contributed by atoms with Crippen LogP contribution in [0, 0.1) is 0 Å². The molecule has 1 unspecified atom stereocenters. The summed E-state index contributed by atoms with van der Waals surface area (Å²) in [5, 5.41) is 9.36. The summed E-state index contributed by atoms with van der Waals surface area (Å²) in [5.74, 6) is 0.0716. The highest BCUT2D eigenvalue weighted by Crippen LogP contribution is 2.31. The van der Waals surface area contributed by atoms with Gasteiger partial charge in [0.15, 0.2) is 8.77 Å². The first-order valence-electron chi connectivity index (χ1n) is 4.43. The van der Waals surface area contributed by atoms with Crippen LogP contribution in [0.15, 0.2) is 23.1 Å². The van der Waals surface area contributed by atoms with Crippen LogP contribution in [0.4, 0.5) is 0 Å². The van der Waals surface area contributed by atoms with Crippen LogP contribution in [-0.2, 0) is 25.4 Å². The van der Waals surface area contributed by atoms with Crippen LogP contribution in [0.1, 0.15) is 26.3 Å². The van der Waals surface area contributed by atoms with Crippen molar-refractivity contribution in [3.63, 3.8) is 0 Å². The summed E-state index contributed by atoms with van der Waals surface area (Å²) in [6, 6.07) is 4.26. The van der Waals surface area contributed by atoms with Crippen LogP contribution < -0.4 is 0 Å². The van der Waals surface area contributed by atoms with Crippen molar-refractivity contribution in [3.05, 3.63) is 23.8 Å². The van der Waals surface area contributed by atoms with Gasteiger partial charge in [-0.2, -0.15) is 0 Å². The molecular formula is C10H14O3S2. The van der Waals surface area contributed by atoms with Crippen LogP contribution in [-0.4, -0.2) is 13.9 Å². The van der Waals surface area contributed by atoms with E-state index in [0.29, 0.717) is 5.56 Å². The Morgan fingerprint density at radius 1 is 1.33 bits per heavy atom. The first-order chi connectivity index (χ1) is 6.62. The fourth-order valence-corrected chi connectivity index (χ4v) is 2.65. The van der Waals surface area contributed by atoms with Gasteiger partial charge in [-0.15, -0.1) is 0 Å². The Morgan fingerprint density at radius 3 is 2.27 bits per heavy atom. The second kappa shape index (κ2) is 3.73. The predicted octanol–water partition coefficient (Wildman–Crippen LogP) is 2.27. The highest BCUT2D eigenvalue weighted by molar-refractivity contribution is 8.29. The Kier molecular flexibility index (Phi) is 3.09. The third-order valence-electron chi connectivity index (χ3n) is 2.05. The van der Waals surface area contributed by atoms with E-state index in [2.05, 4.69) is 11.2 Å². The van der Waals surface area contributed by atoms with E-state index in [0.717, 1.165) is 0 Å². The molecule has 0 aliphatic carbocycles. The molecule has 1 aromatic rings. The van der Waals surface area contributed by atoms with Gasteiger partial charge in [-0.25, -0.2) is 4.21 Å². The second-order valence-corrected chi connectivity index (χ2v) is 7.15. The van der Waals surface area contributed by atoms with Crippen molar-refractivity contribution in [2.24, 2.45) is 0 Å². The molecule has 0 saturated carbocycles. The average molecular weight is 246 g/mol. The van der Waals surface area contributed by atoms with Gasteiger partial charge in [-0.3, -0.25) is 0 Å². The summed E-state index contributed by atoms with van der Waals surface area (Å²) in [7, 11) is -3.41. The standard InChI is InChI=1S/C10H14O3S2/c1-10(2,3)8-6-7(11)4-5-9(8)15(12,13)14/h4-6,11H,1-3H3,(H,12,13,14). The van der Waals surface area contributed by atoms with Crippen molar-refractivity contribution in [2.75, 3.05) is 0 Å². The highest BCUT2D eigenvalue weighted by Gasteiger charge is 2.22. The molecule has 84 valence electrons. The van der Waals surface area contributed by atoms with E-state index in [4.69, 9.17) is 0 Å². The van der Waals surface area contributed by atoms with E-state index in [1.807, 2.05) is 20.8 Å². The molecule has 0 aromatic heterocycles. The van der Waals surface area contributed by atoms with Crippen molar-refractivity contribution in [1.29, 1.82) is 0 Å². The average Bonchev–Trinajstić information content (AvgIpc) is 2.00. The number of aromatic hydroxyl groups is 1. The van der Waals surface area contributed by atoms with Gasteiger partial charge < -0.3 is 9.66 Å². The molecular weight excluding hydrogens is 232 g/mol. The zero-order valence-electron chi connectivity index (χ0n) is 8.85. The topological polar surface area (TPSA) is 57.5 Å². The van der Waals surface area contributed by atoms with Crippen LogP contribution in [0.2, 0.25) is 0 Å². The maximum absolute atomic E-state index is 11.5. The highest BCUT2D eigenvalue weighted by atomic mass is 32.8. The van der Waals surface area contributed by atoms with Gasteiger partial charge in [0, 0.05) is 11.2 Å². The number of hydrogen-bond acceptors (Lipinski definition) is 3. The van der Waals surface area contributed by atoms with Crippen LogP contribution in [0.3, 0.4) is 0 Å². The summed E-state index contributed by atoms with van der Waals surface area (Å²) < 4.78 is 20.8. The quantitative estimate of drug-likeness (QED) is 0.798. The smallest absolute Gasteiger partial charge is 0.171 e. The molecule has 5 heteroatoms. The Balaban J connectivity index is 3.55. The Bertz CT molecular complexity index is 470. The lowest BCUT2D eigenvalue weighted by Gasteiger charge is -2.22. The first-order valence-corrected chi connectivity index (χ1v) is 6.87. The third kappa shape index (κ3) is 2.90. The molecule has 0 bridgehead atoms. The Hall–Kier alpha value is -0.650. The van der Waals surface area contributed by atoms with Crippen molar-refractivity contribution < 1.29 is 13.9 Å². The summed E-state index contributed by atoms with van der Waals surface area (Å²) in [6.07, 6.45) is 0. The third-order valence-corrected chi connectivity index (χ3v) is 3.50. The molecule has 1 rings (SSSR count). The molecule has 0 amide bonds. The largest absolute Gasteiger partial charge is 0.508 e. The van der Waals surface area contributed by atoms with Crippen LogP contribution in [0.5, 0.6) is 5.75 Å². The number of hydrogen-bond donors (Lipinski definition) is 2. The zero-order valence-corrected chi connectivity index (χ0v) is 10.5. The van der Waals surface area contributed by atoms with Gasteiger partial charge in [0.2, 0.25) is 0 Å². The Morgan fingerprint density at radius 2 is 1.87 bits per heavy atom. The molecule has 0 radical (unpaired) electrons. The lowest BCUT2D eigenvalue weighted by atomic mass is 9.87. The van der Waals surface area contributed by atoms with Crippen molar-refractivity contribution in [2.45, 2.75) is 31.1 Å². The van der Waals surface area contributed by atoms with Crippen molar-refractivity contribution >= 4 is 20.0 Å². The summed E-state index contributed by atoms with van der Waals surface area (Å²) in [6.45, 7) is 5.68. The second-order valence-electron chi connectivity index (χ2n) is 4.41. The number of rotatable bonds is 1. The lowest BCUT2D eigenvalue weighted by Crippen LogP contribution is -2.16. The molecule has 1 atom stereocenters. The molecule has 2 N–H and O–H groups in total.